The number of nitrogens with two attached hydrogens (primary N) is 1. The van der Waals surface area contributed by atoms with Crippen molar-refractivity contribution in [2.45, 2.75) is 44.9 Å². The molecule has 112 valence electrons. The average molecular weight is 303 g/mol. The van der Waals surface area contributed by atoms with Crippen molar-refractivity contribution in [3.63, 3.8) is 0 Å². The molecule has 5 heteroatoms. The quantitative estimate of drug-likeness (QED) is 0.833. The number of carbonyl (C=O) groups is 1. The van der Waals surface area contributed by atoms with E-state index < -0.39 is 0 Å². The summed E-state index contributed by atoms with van der Waals surface area (Å²) in [5.74, 6) is 0.812. The second-order valence-corrected chi connectivity index (χ2v) is 6.87. The molecule has 1 aromatic carbocycles. The molecule has 1 fully saturated rings. The number of aromatic nitrogens is 1. The molecule has 1 aromatic heterocycles. The van der Waals surface area contributed by atoms with E-state index in [0.717, 1.165) is 28.2 Å². The normalized spacial score (nSPS) is 16.2. The summed E-state index contributed by atoms with van der Waals surface area (Å²) in [4.78, 5) is 16.4. The summed E-state index contributed by atoms with van der Waals surface area (Å²) >= 11 is 1.48. The van der Waals surface area contributed by atoms with Crippen LogP contribution in [0.25, 0.3) is 10.2 Å². The summed E-state index contributed by atoms with van der Waals surface area (Å²) in [5, 5.41) is 3.59. The molecule has 4 nitrogen and oxygen atoms in total. The van der Waals surface area contributed by atoms with Gasteiger partial charge in [-0.3, -0.25) is 4.79 Å². The van der Waals surface area contributed by atoms with Crippen LogP contribution in [0, 0.1) is 5.92 Å². The molecule has 0 spiro atoms. The Hall–Kier alpha value is -1.62. The van der Waals surface area contributed by atoms with Crippen molar-refractivity contribution in [3.8, 4) is 0 Å². The van der Waals surface area contributed by atoms with Crippen LogP contribution in [0.15, 0.2) is 18.2 Å². The van der Waals surface area contributed by atoms with Gasteiger partial charge in [-0.2, -0.15) is 0 Å². The Morgan fingerprint density at radius 2 is 2.14 bits per heavy atom. The van der Waals surface area contributed by atoms with Gasteiger partial charge in [-0.1, -0.05) is 43.4 Å². The molecule has 1 aliphatic carbocycles. The molecule has 1 saturated carbocycles. The van der Waals surface area contributed by atoms with Crippen molar-refractivity contribution >= 4 is 38.3 Å². The topological polar surface area (TPSA) is 68.0 Å². The number of thiazole rings is 1. The molecule has 0 saturated heterocycles. The Bertz CT molecular complexity index is 631. The lowest BCUT2D eigenvalue weighted by atomic mass is 9.86. The summed E-state index contributed by atoms with van der Waals surface area (Å²) in [6.07, 6.45) is 8.18. The van der Waals surface area contributed by atoms with Crippen molar-refractivity contribution < 1.29 is 4.79 Å². The third-order valence-electron chi connectivity index (χ3n) is 4.16. The highest BCUT2D eigenvalue weighted by molar-refractivity contribution is 7.22. The second-order valence-electron chi connectivity index (χ2n) is 5.84. The van der Waals surface area contributed by atoms with Gasteiger partial charge in [0.15, 0.2) is 5.13 Å². The SMILES string of the molecule is Nc1ccc2nc(NC(=O)CCC3CCCCC3)sc2c1. The number of hydrogen-bond acceptors (Lipinski definition) is 4. The van der Waals surface area contributed by atoms with Gasteiger partial charge in [-0.05, 0) is 30.5 Å². The number of benzene rings is 1. The van der Waals surface area contributed by atoms with Gasteiger partial charge in [0.1, 0.15) is 0 Å². The molecule has 1 amide bonds. The number of amides is 1. The maximum absolute atomic E-state index is 12.0. The lowest BCUT2D eigenvalue weighted by molar-refractivity contribution is -0.116. The van der Waals surface area contributed by atoms with E-state index in [1.54, 1.807) is 0 Å². The summed E-state index contributed by atoms with van der Waals surface area (Å²) in [6.45, 7) is 0. The van der Waals surface area contributed by atoms with Crippen LogP contribution in [0.5, 0.6) is 0 Å². The van der Waals surface area contributed by atoms with E-state index in [4.69, 9.17) is 5.73 Å². The van der Waals surface area contributed by atoms with Crippen LogP contribution in [-0.2, 0) is 4.79 Å². The van der Waals surface area contributed by atoms with Gasteiger partial charge in [0, 0.05) is 12.1 Å². The highest BCUT2D eigenvalue weighted by atomic mass is 32.1. The number of carbonyl (C=O) groups excluding carboxylic acids is 1. The van der Waals surface area contributed by atoms with E-state index in [-0.39, 0.29) is 5.91 Å². The molecular formula is C16H21N3OS. The molecule has 0 aliphatic heterocycles. The van der Waals surface area contributed by atoms with Crippen LogP contribution in [-0.4, -0.2) is 10.9 Å². The van der Waals surface area contributed by atoms with Crippen LogP contribution < -0.4 is 11.1 Å². The van der Waals surface area contributed by atoms with Crippen LogP contribution >= 0.6 is 11.3 Å². The van der Waals surface area contributed by atoms with E-state index >= 15 is 0 Å². The molecule has 3 rings (SSSR count). The molecular weight excluding hydrogens is 282 g/mol. The Morgan fingerprint density at radius 1 is 1.33 bits per heavy atom. The molecule has 3 N–H and O–H groups in total. The molecule has 0 bridgehead atoms. The lowest BCUT2D eigenvalue weighted by Gasteiger charge is -2.20. The maximum Gasteiger partial charge on any atom is 0.226 e. The predicted octanol–water partition coefficient (Wildman–Crippen LogP) is 4.18. The Morgan fingerprint density at radius 3 is 2.95 bits per heavy atom. The fourth-order valence-corrected chi connectivity index (χ4v) is 3.92. The van der Waals surface area contributed by atoms with Crippen LogP contribution in [0.1, 0.15) is 44.9 Å². The summed E-state index contributed by atoms with van der Waals surface area (Å²) in [5.41, 5.74) is 7.37. The predicted molar refractivity (Wildman–Crippen MR) is 88.5 cm³/mol. The molecule has 1 heterocycles. The minimum absolute atomic E-state index is 0.0765. The van der Waals surface area contributed by atoms with Gasteiger partial charge >= 0.3 is 0 Å². The molecule has 21 heavy (non-hydrogen) atoms. The molecule has 1 aliphatic rings. The first-order valence-electron chi connectivity index (χ1n) is 7.66. The number of nitrogen functional groups attached to an aromatic ring is 1. The van der Waals surface area contributed by atoms with Crippen LogP contribution in [0.2, 0.25) is 0 Å². The van der Waals surface area contributed by atoms with E-state index in [1.165, 1.54) is 43.4 Å². The highest BCUT2D eigenvalue weighted by Gasteiger charge is 2.15. The molecule has 0 atom stereocenters. The smallest absolute Gasteiger partial charge is 0.226 e. The first-order chi connectivity index (χ1) is 10.2. The Labute approximate surface area is 128 Å². The number of hydrogen-bond donors (Lipinski definition) is 2. The van der Waals surface area contributed by atoms with Crippen molar-refractivity contribution in [3.05, 3.63) is 18.2 Å². The van der Waals surface area contributed by atoms with Crippen LogP contribution in [0.3, 0.4) is 0 Å². The average Bonchev–Trinajstić information content (AvgIpc) is 2.87. The number of anilines is 2. The van der Waals surface area contributed by atoms with Crippen molar-refractivity contribution in [2.24, 2.45) is 5.92 Å². The zero-order valence-electron chi connectivity index (χ0n) is 12.1. The lowest BCUT2D eigenvalue weighted by Crippen LogP contribution is -2.14. The first kappa shape index (κ1) is 14.3. The standard InChI is InChI=1S/C16H21N3OS/c17-12-7-8-13-14(10-12)21-16(18-13)19-15(20)9-6-11-4-2-1-3-5-11/h7-8,10-11H,1-6,9,17H2,(H,18,19,20). The zero-order valence-corrected chi connectivity index (χ0v) is 12.9. The van der Waals surface area contributed by atoms with Gasteiger partial charge in [-0.15, -0.1) is 0 Å². The van der Waals surface area contributed by atoms with Crippen LogP contribution in [0.4, 0.5) is 10.8 Å². The number of nitrogens with zero attached hydrogens (tertiary/aromatic N) is 1. The van der Waals surface area contributed by atoms with Gasteiger partial charge in [0.2, 0.25) is 5.91 Å². The third-order valence-corrected chi connectivity index (χ3v) is 5.10. The number of nitrogens with one attached hydrogen (secondary N) is 1. The van der Waals surface area contributed by atoms with E-state index in [1.807, 2.05) is 18.2 Å². The van der Waals surface area contributed by atoms with Crippen molar-refractivity contribution in [2.75, 3.05) is 11.1 Å². The van der Waals surface area contributed by atoms with E-state index in [0.29, 0.717) is 11.6 Å². The van der Waals surface area contributed by atoms with Crippen molar-refractivity contribution in [1.29, 1.82) is 0 Å². The monoisotopic (exact) mass is 303 g/mol. The summed E-state index contributed by atoms with van der Waals surface area (Å²) in [6, 6.07) is 5.61. The van der Waals surface area contributed by atoms with Gasteiger partial charge in [-0.25, -0.2) is 4.98 Å². The van der Waals surface area contributed by atoms with E-state index in [9.17, 15) is 4.79 Å². The molecule has 0 unspecified atom stereocenters. The van der Waals surface area contributed by atoms with Gasteiger partial charge in [0.05, 0.1) is 10.2 Å². The third kappa shape index (κ3) is 3.73. The van der Waals surface area contributed by atoms with Gasteiger partial charge in [0.25, 0.3) is 0 Å². The molecule has 0 radical (unpaired) electrons. The zero-order chi connectivity index (χ0) is 14.7. The minimum atomic E-state index is 0.0765. The number of fused-ring (bicyclic) bond motifs is 1. The molecule has 2 aromatic rings. The Kier molecular flexibility index (Phi) is 4.39. The summed E-state index contributed by atoms with van der Waals surface area (Å²) in [7, 11) is 0. The largest absolute Gasteiger partial charge is 0.399 e. The minimum Gasteiger partial charge on any atom is -0.399 e. The fourth-order valence-electron chi connectivity index (χ4n) is 2.99. The van der Waals surface area contributed by atoms with E-state index in [2.05, 4.69) is 10.3 Å². The van der Waals surface area contributed by atoms with Crippen molar-refractivity contribution in [1.82, 2.24) is 4.98 Å². The maximum atomic E-state index is 12.0. The number of rotatable bonds is 4. The Balaban J connectivity index is 1.55. The highest BCUT2D eigenvalue weighted by Crippen LogP contribution is 2.29. The summed E-state index contributed by atoms with van der Waals surface area (Å²) < 4.78 is 1.01. The fraction of sp³-hybridized carbons (Fsp3) is 0.500. The first-order valence-corrected chi connectivity index (χ1v) is 8.48. The second kappa shape index (κ2) is 6.43. The van der Waals surface area contributed by atoms with Gasteiger partial charge < -0.3 is 11.1 Å².